The van der Waals surface area contributed by atoms with Crippen LogP contribution in [0.3, 0.4) is 0 Å². The Balaban J connectivity index is 1.39. The summed E-state index contributed by atoms with van der Waals surface area (Å²) in [6.07, 6.45) is 7.12. The Hall–Kier alpha value is -0.900. The number of ether oxygens (including phenoxy) is 1. The van der Waals surface area contributed by atoms with Gasteiger partial charge in [0.15, 0.2) is 0 Å². The van der Waals surface area contributed by atoms with Crippen molar-refractivity contribution in [3.05, 3.63) is 35.2 Å². The van der Waals surface area contributed by atoms with Gasteiger partial charge in [-0.2, -0.15) is 0 Å². The molecule has 0 unspecified atom stereocenters. The van der Waals surface area contributed by atoms with Crippen molar-refractivity contribution in [3.8, 4) is 0 Å². The molecular formula is C17H23NOS. The summed E-state index contributed by atoms with van der Waals surface area (Å²) in [6.45, 7) is 2.73. The second kappa shape index (κ2) is 7.21. The van der Waals surface area contributed by atoms with Gasteiger partial charge in [0.25, 0.3) is 0 Å². The van der Waals surface area contributed by atoms with Crippen molar-refractivity contribution in [1.82, 2.24) is 5.32 Å². The van der Waals surface area contributed by atoms with Crippen LogP contribution in [0.4, 0.5) is 0 Å². The Morgan fingerprint density at radius 2 is 2.00 bits per heavy atom. The molecule has 108 valence electrons. The summed E-state index contributed by atoms with van der Waals surface area (Å²) in [5, 5.41) is 7.15. The first-order valence-corrected chi connectivity index (χ1v) is 8.59. The maximum atomic E-state index is 5.93. The van der Waals surface area contributed by atoms with E-state index in [4.69, 9.17) is 4.74 Å². The lowest BCUT2D eigenvalue weighted by Crippen LogP contribution is -2.24. The molecule has 1 heterocycles. The fraction of sp³-hybridized carbons (Fsp3) is 0.529. The average molecular weight is 289 g/mol. The molecule has 1 saturated carbocycles. The summed E-state index contributed by atoms with van der Waals surface area (Å²) < 4.78 is 7.31. The summed E-state index contributed by atoms with van der Waals surface area (Å²) in [5.41, 5.74) is 1.41. The van der Waals surface area contributed by atoms with E-state index in [9.17, 15) is 0 Å². The third-order valence-corrected chi connectivity index (χ3v) is 5.07. The van der Waals surface area contributed by atoms with Gasteiger partial charge in [0, 0.05) is 17.8 Å². The molecule has 0 saturated heterocycles. The molecule has 1 aliphatic rings. The van der Waals surface area contributed by atoms with Gasteiger partial charge in [-0.1, -0.05) is 37.5 Å². The van der Waals surface area contributed by atoms with Crippen LogP contribution in [0, 0.1) is 0 Å². The molecule has 3 heteroatoms. The van der Waals surface area contributed by atoms with Gasteiger partial charge in [-0.05, 0) is 35.2 Å². The Kier molecular flexibility index (Phi) is 5.06. The van der Waals surface area contributed by atoms with Gasteiger partial charge in [-0.25, -0.2) is 0 Å². The van der Waals surface area contributed by atoms with Crippen molar-refractivity contribution in [2.75, 3.05) is 13.2 Å². The highest BCUT2D eigenvalue weighted by molar-refractivity contribution is 7.17. The fourth-order valence-corrected chi connectivity index (χ4v) is 3.89. The maximum Gasteiger partial charge on any atom is 0.0594 e. The molecule has 0 bridgehead atoms. The van der Waals surface area contributed by atoms with Gasteiger partial charge >= 0.3 is 0 Å². The lowest BCUT2D eigenvalue weighted by atomic mass is 9.98. The maximum absolute atomic E-state index is 5.93. The third kappa shape index (κ3) is 3.60. The fourth-order valence-electron chi connectivity index (χ4n) is 2.92. The van der Waals surface area contributed by atoms with E-state index in [0.29, 0.717) is 6.10 Å². The van der Waals surface area contributed by atoms with Gasteiger partial charge in [-0.15, -0.1) is 11.3 Å². The van der Waals surface area contributed by atoms with E-state index in [1.54, 1.807) is 0 Å². The van der Waals surface area contributed by atoms with E-state index in [1.807, 2.05) is 11.3 Å². The standard InChI is InChI=1S/C17H23NOS/c1-2-6-15(7-3-1)19-11-10-18-12-14-13-20-17-9-5-4-8-16(14)17/h4-5,8-9,13,15,18H,1-3,6-7,10-12H2. The van der Waals surface area contributed by atoms with Crippen molar-refractivity contribution in [3.63, 3.8) is 0 Å². The molecule has 3 rings (SSSR count). The lowest BCUT2D eigenvalue weighted by molar-refractivity contribution is 0.0302. The monoisotopic (exact) mass is 289 g/mol. The van der Waals surface area contributed by atoms with E-state index in [-0.39, 0.29) is 0 Å². The van der Waals surface area contributed by atoms with Crippen molar-refractivity contribution in [2.24, 2.45) is 0 Å². The highest BCUT2D eigenvalue weighted by atomic mass is 32.1. The van der Waals surface area contributed by atoms with Crippen molar-refractivity contribution in [1.29, 1.82) is 0 Å². The number of benzene rings is 1. The molecule has 1 fully saturated rings. The van der Waals surface area contributed by atoms with E-state index in [1.165, 1.54) is 47.8 Å². The molecule has 2 nitrogen and oxygen atoms in total. The molecule has 0 radical (unpaired) electrons. The molecular weight excluding hydrogens is 266 g/mol. The van der Waals surface area contributed by atoms with Gasteiger partial charge < -0.3 is 10.1 Å². The second-order valence-corrected chi connectivity index (χ2v) is 6.48. The first-order valence-electron chi connectivity index (χ1n) is 7.71. The molecule has 1 aromatic heterocycles. The Bertz CT molecular complexity index is 531. The number of fused-ring (bicyclic) bond motifs is 1. The average Bonchev–Trinajstić information content (AvgIpc) is 2.91. The molecule has 1 aliphatic carbocycles. The van der Waals surface area contributed by atoms with Crippen LogP contribution in [0.2, 0.25) is 0 Å². The number of rotatable bonds is 6. The largest absolute Gasteiger partial charge is 0.377 e. The zero-order chi connectivity index (χ0) is 13.6. The van der Waals surface area contributed by atoms with Crippen LogP contribution in [-0.4, -0.2) is 19.3 Å². The first kappa shape index (κ1) is 14.1. The van der Waals surface area contributed by atoms with Gasteiger partial charge in [0.05, 0.1) is 12.7 Å². The third-order valence-electron chi connectivity index (χ3n) is 4.06. The van der Waals surface area contributed by atoms with Crippen LogP contribution in [0.5, 0.6) is 0 Å². The number of nitrogens with one attached hydrogen (secondary N) is 1. The number of hydrogen-bond acceptors (Lipinski definition) is 3. The van der Waals surface area contributed by atoms with E-state index >= 15 is 0 Å². The lowest BCUT2D eigenvalue weighted by Gasteiger charge is -2.22. The first-order chi connectivity index (χ1) is 9.93. The Morgan fingerprint density at radius 3 is 2.90 bits per heavy atom. The highest BCUT2D eigenvalue weighted by Gasteiger charge is 2.12. The van der Waals surface area contributed by atoms with Gasteiger partial charge in [0.2, 0.25) is 0 Å². The minimum absolute atomic E-state index is 0.521. The summed E-state index contributed by atoms with van der Waals surface area (Å²) in [7, 11) is 0. The zero-order valence-corrected chi connectivity index (χ0v) is 12.8. The Labute approximate surface area is 125 Å². The van der Waals surface area contributed by atoms with Crippen molar-refractivity contribution in [2.45, 2.75) is 44.8 Å². The molecule has 0 aliphatic heterocycles. The van der Waals surface area contributed by atoms with E-state index < -0.39 is 0 Å². The summed E-state index contributed by atoms with van der Waals surface area (Å²) in [6, 6.07) is 8.62. The normalized spacial score (nSPS) is 16.8. The van der Waals surface area contributed by atoms with Crippen LogP contribution < -0.4 is 5.32 Å². The summed E-state index contributed by atoms with van der Waals surface area (Å²) in [5.74, 6) is 0. The van der Waals surface area contributed by atoms with E-state index in [2.05, 4.69) is 35.0 Å². The highest BCUT2D eigenvalue weighted by Crippen LogP contribution is 2.25. The predicted molar refractivity (Wildman–Crippen MR) is 86.4 cm³/mol. The predicted octanol–water partition coefficient (Wildman–Crippen LogP) is 4.34. The van der Waals surface area contributed by atoms with Crippen LogP contribution in [0.1, 0.15) is 37.7 Å². The molecule has 0 atom stereocenters. The number of thiophene rings is 1. The van der Waals surface area contributed by atoms with Crippen molar-refractivity contribution < 1.29 is 4.74 Å². The van der Waals surface area contributed by atoms with Crippen LogP contribution >= 0.6 is 11.3 Å². The smallest absolute Gasteiger partial charge is 0.0594 e. The zero-order valence-electron chi connectivity index (χ0n) is 11.9. The SMILES string of the molecule is c1ccc2c(CNCCOC3CCCCC3)csc2c1. The Morgan fingerprint density at radius 1 is 1.15 bits per heavy atom. The molecule has 1 N–H and O–H groups in total. The van der Waals surface area contributed by atoms with Gasteiger partial charge in [-0.3, -0.25) is 0 Å². The molecule has 2 aromatic rings. The summed E-state index contributed by atoms with van der Waals surface area (Å²) in [4.78, 5) is 0. The van der Waals surface area contributed by atoms with Gasteiger partial charge in [0.1, 0.15) is 0 Å². The van der Waals surface area contributed by atoms with Crippen LogP contribution in [-0.2, 0) is 11.3 Å². The molecule has 0 spiro atoms. The minimum atomic E-state index is 0.521. The van der Waals surface area contributed by atoms with Crippen LogP contribution in [0.25, 0.3) is 10.1 Å². The second-order valence-electron chi connectivity index (χ2n) is 5.56. The van der Waals surface area contributed by atoms with E-state index in [0.717, 1.165) is 19.7 Å². The quantitative estimate of drug-likeness (QED) is 0.799. The minimum Gasteiger partial charge on any atom is -0.377 e. The molecule has 20 heavy (non-hydrogen) atoms. The topological polar surface area (TPSA) is 21.3 Å². The van der Waals surface area contributed by atoms with Crippen molar-refractivity contribution >= 4 is 21.4 Å². The molecule has 0 amide bonds. The summed E-state index contributed by atoms with van der Waals surface area (Å²) >= 11 is 1.83. The van der Waals surface area contributed by atoms with Crippen LogP contribution in [0.15, 0.2) is 29.6 Å². The number of hydrogen-bond donors (Lipinski definition) is 1. The molecule has 1 aromatic carbocycles.